The molecule has 1 aromatic heterocycles. The quantitative estimate of drug-likeness (QED) is 0.735. The van der Waals surface area contributed by atoms with E-state index >= 15 is 0 Å². The highest BCUT2D eigenvalue weighted by molar-refractivity contribution is 8.00. The zero-order valence-corrected chi connectivity index (χ0v) is 12.8. The summed E-state index contributed by atoms with van der Waals surface area (Å²) in [4.78, 5) is 27.2. The van der Waals surface area contributed by atoms with E-state index in [1.54, 1.807) is 0 Å². The molecule has 2 rings (SSSR count). The van der Waals surface area contributed by atoms with Crippen molar-refractivity contribution in [2.24, 2.45) is 0 Å². The number of carbonyl (C=O) groups is 2. The Bertz CT molecular complexity index is 689. The molecule has 0 aliphatic carbocycles. The van der Waals surface area contributed by atoms with Gasteiger partial charge in [0.05, 0.1) is 11.5 Å². The van der Waals surface area contributed by atoms with E-state index in [9.17, 15) is 22.8 Å². The molecular weight excluding hydrogens is 349 g/mol. The van der Waals surface area contributed by atoms with Crippen LogP contribution in [0.2, 0.25) is 0 Å². The number of halogens is 3. The molecule has 1 amide bonds. The summed E-state index contributed by atoms with van der Waals surface area (Å²) in [7, 11) is 0. The van der Waals surface area contributed by atoms with Crippen molar-refractivity contribution in [2.75, 3.05) is 16.8 Å². The molecule has 0 radical (unpaired) electrons. The highest BCUT2D eigenvalue weighted by atomic mass is 32.2. The number of aromatic amines is 1. The van der Waals surface area contributed by atoms with Crippen LogP contribution in [-0.2, 0) is 4.79 Å². The number of benzene rings is 1. The predicted octanol–water partition coefficient (Wildman–Crippen LogP) is 2.26. The number of rotatable bonds is 7. The average Bonchev–Trinajstić information content (AvgIpc) is 2.99. The second-order valence-electron chi connectivity index (χ2n) is 4.37. The van der Waals surface area contributed by atoms with Gasteiger partial charge >= 0.3 is 6.36 Å². The SMILES string of the molecule is O=C(CSCC(=O)c1ccc(OC(F)(F)F)cc1)Nc1ncn[nH]1. The minimum absolute atomic E-state index is 0.00327. The summed E-state index contributed by atoms with van der Waals surface area (Å²) < 4.78 is 39.8. The van der Waals surface area contributed by atoms with E-state index in [4.69, 9.17) is 0 Å². The fourth-order valence-electron chi connectivity index (χ4n) is 1.60. The van der Waals surface area contributed by atoms with Crippen molar-refractivity contribution in [3.63, 3.8) is 0 Å². The zero-order chi connectivity index (χ0) is 17.6. The van der Waals surface area contributed by atoms with Crippen LogP contribution < -0.4 is 10.1 Å². The van der Waals surface area contributed by atoms with Gasteiger partial charge in [-0.3, -0.25) is 14.9 Å². The molecule has 0 unspecified atom stereocenters. The van der Waals surface area contributed by atoms with Crippen molar-refractivity contribution in [1.82, 2.24) is 15.2 Å². The number of alkyl halides is 3. The fraction of sp³-hybridized carbons (Fsp3) is 0.231. The van der Waals surface area contributed by atoms with Gasteiger partial charge in [0, 0.05) is 5.56 Å². The van der Waals surface area contributed by atoms with Gasteiger partial charge in [-0.05, 0) is 24.3 Å². The normalized spacial score (nSPS) is 11.1. The third-order valence-corrected chi connectivity index (χ3v) is 3.48. The van der Waals surface area contributed by atoms with E-state index in [0.29, 0.717) is 0 Å². The topological polar surface area (TPSA) is 97.0 Å². The first-order chi connectivity index (χ1) is 11.3. The van der Waals surface area contributed by atoms with Gasteiger partial charge in [0.2, 0.25) is 11.9 Å². The second kappa shape index (κ2) is 7.81. The summed E-state index contributed by atoms with van der Waals surface area (Å²) >= 11 is 1.07. The Morgan fingerprint density at radius 2 is 1.92 bits per heavy atom. The Morgan fingerprint density at radius 3 is 2.50 bits per heavy atom. The van der Waals surface area contributed by atoms with Crippen molar-refractivity contribution in [1.29, 1.82) is 0 Å². The first-order valence-electron chi connectivity index (χ1n) is 6.45. The third kappa shape index (κ3) is 5.91. The monoisotopic (exact) mass is 360 g/mol. The minimum atomic E-state index is -4.78. The standard InChI is InChI=1S/C13H11F3N4O3S/c14-13(15,16)23-9-3-1-8(2-4-9)10(21)5-24-6-11(22)19-12-17-7-18-20-12/h1-4,7H,5-6H2,(H2,17,18,19,20,22). The van der Waals surface area contributed by atoms with Crippen LogP contribution in [0, 0.1) is 0 Å². The highest BCUT2D eigenvalue weighted by Gasteiger charge is 2.31. The molecule has 2 aromatic rings. The summed E-state index contributed by atoms with van der Waals surface area (Å²) in [5.74, 6) is -0.861. The largest absolute Gasteiger partial charge is 0.573 e. The average molecular weight is 360 g/mol. The Balaban J connectivity index is 1.77. The summed E-state index contributed by atoms with van der Waals surface area (Å²) in [6.07, 6.45) is -3.54. The molecule has 0 bridgehead atoms. The highest BCUT2D eigenvalue weighted by Crippen LogP contribution is 2.23. The smallest absolute Gasteiger partial charge is 0.406 e. The molecule has 2 N–H and O–H groups in total. The van der Waals surface area contributed by atoms with E-state index in [-0.39, 0.29) is 34.7 Å². The molecule has 1 heterocycles. The van der Waals surface area contributed by atoms with Crippen LogP contribution in [0.15, 0.2) is 30.6 Å². The number of ether oxygens (including phenoxy) is 1. The number of nitrogens with one attached hydrogen (secondary N) is 2. The number of H-pyrrole nitrogens is 1. The molecule has 0 saturated carbocycles. The maximum Gasteiger partial charge on any atom is 0.573 e. The van der Waals surface area contributed by atoms with Gasteiger partial charge < -0.3 is 4.74 Å². The predicted molar refractivity (Wildman–Crippen MR) is 79.8 cm³/mol. The Hall–Kier alpha value is -2.56. The second-order valence-corrected chi connectivity index (χ2v) is 5.36. The van der Waals surface area contributed by atoms with Gasteiger partial charge in [0.25, 0.3) is 0 Å². The van der Waals surface area contributed by atoms with Gasteiger partial charge in [-0.15, -0.1) is 24.9 Å². The van der Waals surface area contributed by atoms with E-state index in [1.807, 2.05) is 0 Å². The van der Waals surface area contributed by atoms with Gasteiger partial charge in [0.15, 0.2) is 5.78 Å². The van der Waals surface area contributed by atoms with Gasteiger partial charge in [-0.25, -0.2) is 5.10 Å². The number of amides is 1. The number of thioether (sulfide) groups is 1. The molecule has 11 heteroatoms. The number of anilines is 1. The van der Waals surface area contributed by atoms with Crippen LogP contribution in [0.4, 0.5) is 19.1 Å². The van der Waals surface area contributed by atoms with E-state index in [1.165, 1.54) is 18.5 Å². The summed E-state index contributed by atoms with van der Waals surface area (Å²) in [5.41, 5.74) is 0.229. The van der Waals surface area contributed by atoms with E-state index in [2.05, 4.69) is 25.2 Å². The molecule has 1 aromatic carbocycles. The zero-order valence-electron chi connectivity index (χ0n) is 12.0. The lowest BCUT2D eigenvalue weighted by Gasteiger charge is -2.09. The third-order valence-electron chi connectivity index (χ3n) is 2.55. The van der Waals surface area contributed by atoms with Crippen molar-refractivity contribution in [3.05, 3.63) is 36.2 Å². The lowest BCUT2D eigenvalue weighted by atomic mass is 10.1. The molecule has 128 valence electrons. The lowest BCUT2D eigenvalue weighted by molar-refractivity contribution is -0.274. The number of nitrogens with zero attached hydrogens (tertiary/aromatic N) is 2. The maximum atomic E-state index is 12.0. The molecular formula is C13H11F3N4O3S. The van der Waals surface area contributed by atoms with Crippen LogP contribution in [0.3, 0.4) is 0 Å². The van der Waals surface area contributed by atoms with E-state index < -0.39 is 12.1 Å². The molecule has 0 atom stereocenters. The van der Waals surface area contributed by atoms with E-state index in [0.717, 1.165) is 23.9 Å². The van der Waals surface area contributed by atoms with Crippen LogP contribution >= 0.6 is 11.8 Å². The Kier molecular flexibility index (Phi) is 5.79. The van der Waals surface area contributed by atoms with Crippen LogP contribution in [-0.4, -0.2) is 44.7 Å². The van der Waals surface area contributed by atoms with Crippen molar-refractivity contribution in [3.8, 4) is 5.75 Å². The molecule has 0 aliphatic rings. The number of carbonyl (C=O) groups excluding carboxylic acids is 2. The molecule has 0 saturated heterocycles. The van der Waals surface area contributed by atoms with Gasteiger partial charge in [-0.1, -0.05) is 0 Å². The summed E-state index contributed by atoms with van der Waals surface area (Å²) in [6, 6.07) is 4.58. The molecule has 7 nitrogen and oxygen atoms in total. The Morgan fingerprint density at radius 1 is 1.21 bits per heavy atom. The number of Topliss-reactive ketones (excluding diaryl/α,β-unsaturated/α-hetero) is 1. The van der Waals surface area contributed by atoms with Crippen LogP contribution in [0.25, 0.3) is 0 Å². The first kappa shape index (κ1) is 17.8. The molecule has 0 spiro atoms. The number of aromatic nitrogens is 3. The minimum Gasteiger partial charge on any atom is -0.406 e. The maximum absolute atomic E-state index is 12.0. The lowest BCUT2D eigenvalue weighted by Crippen LogP contribution is -2.17. The van der Waals surface area contributed by atoms with Crippen molar-refractivity contribution in [2.45, 2.75) is 6.36 Å². The van der Waals surface area contributed by atoms with Crippen molar-refractivity contribution < 1.29 is 27.5 Å². The molecule has 0 fully saturated rings. The van der Waals surface area contributed by atoms with Crippen molar-refractivity contribution >= 4 is 29.4 Å². The number of hydrogen-bond acceptors (Lipinski definition) is 6. The van der Waals surface area contributed by atoms with Gasteiger partial charge in [0.1, 0.15) is 12.1 Å². The van der Waals surface area contributed by atoms with Crippen LogP contribution in [0.5, 0.6) is 5.75 Å². The van der Waals surface area contributed by atoms with Gasteiger partial charge in [-0.2, -0.15) is 10.1 Å². The molecule has 24 heavy (non-hydrogen) atoms. The Labute approximate surface area is 138 Å². The number of hydrogen-bond donors (Lipinski definition) is 2. The van der Waals surface area contributed by atoms with Crippen LogP contribution in [0.1, 0.15) is 10.4 Å². The summed E-state index contributed by atoms with van der Waals surface area (Å²) in [5, 5.41) is 8.45. The molecule has 0 aliphatic heterocycles. The first-order valence-corrected chi connectivity index (χ1v) is 7.61. The fourth-order valence-corrected chi connectivity index (χ4v) is 2.31. The summed E-state index contributed by atoms with van der Waals surface area (Å²) in [6.45, 7) is 0. The number of ketones is 1.